The molecule has 1 aromatic carbocycles. The Labute approximate surface area is 188 Å². The average Bonchev–Trinajstić information content (AvgIpc) is 2.77. The lowest BCUT2D eigenvalue weighted by Crippen LogP contribution is -2.45. The van der Waals surface area contributed by atoms with E-state index in [0.29, 0.717) is 5.75 Å². The number of aromatic amines is 1. The van der Waals surface area contributed by atoms with Gasteiger partial charge in [-0.05, 0) is 42.5 Å². The quantitative estimate of drug-likeness (QED) is 0.394. The minimum absolute atomic E-state index is 0.0204. The molecule has 2 amide bonds. The summed E-state index contributed by atoms with van der Waals surface area (Å²) in [6.07, 6.45) is -2.52. The Hall–Kier alpha value is -4.53. The van der Waals surface area contributed by atoms with Gasteiger partial charge in [0, 0.05) is 18.0 Å². The maximum absolute atomic E-state index is 13.1. The topological polar surface area (TPSA) is 118 Å². The summed E-state index contributed by atoms with van der Waals surface area (Å²) >= 11 is 0. The second kappa shape index (κ2) is 7.51. The number of rotatable bonds is 2. The Balaban J connectivity index is 1.44. The molecule has 9 nitrogen and oxygen atoms in total. The second-order valence-corrected chi connectivity index (χ2v) is 7.62. The van der Waals surface area contributed by atoms with Crippen LogP contribution >= 0.6 is 0 Å². The van der Waals surface area contributed by atoms with Crippen LogP contribution in [0.3, 0.4) is 0 Å². The van der Waals surface area contributed by atoms with Gasteiger partial charge in [0.05, 0.1) is 11.3 Å². The van der Waals surface area contributed by atoms with E-state index in [0.717, 1.165) is 6.07 Å². The molecule has 3 aromatic rings. The molecular formula is C22H14F3N5O4. The van der Waals surface area contributed by atoms with E-state index in [-0.39, 0.29) is 28.1 Å². The number of aromatic nitrogens is 3. The van der Waals surface area contributed by atoms with Gasteiger partial charge in [-0.25, -0.2) is 9.78 Å². The highest BCUT2D eigenvalue weighted by molar-refractivity contribution is 5.91. The molecule has 1 aliphatic heterocycles. The van der Waals surface area contributed by atoms with Crippen molar-refractivity contribution in [1.82, 2.24) is 19.9 Å². The summed E-state index contributed by atoms with van der Waals surface area (Å²) in [5.41, 5.74) is -2.12. The largest absolute Gasteiger partial charge is 0.473 e. The van der Waals surface area contributed by atoms with Gasteiger partial charge < -0.3 is 20.4 Å². The van der Waals surface area contributed by atoms with Crippen LogP contribution in [0.4, 0.5) is 23.7 Å². The number of nitrogens with zero attached hydrogens (tertiary/aromatic N) is 2. The Kier molecular flexibility index (Phi) is 4.71. The number of nitrogens with one attached hydrogen (secondary N) is 3. The smallest absolute Gasteiger partial charge is 0.416 e. The van der Waals surface area contributed by atoms with E-state index >= 15 is 0 Å². The van der Waals surface area contributed by atoms with Gasteiger partial charge in [0.25, 0.3) is 0 Å². The number of carbonyl (C=O) groups is 1. The van der Waals surface area contributed by atoms with Crippen LogP contribution in [-0.4, -0.2) is 26.7 Å². The minimum Gasteiger partial charge on any atom is -0.473 e. The molecule has 0 spiro atoms. The number of H-pyrrole nitrogens is 1. The molecule has 172 valence electrons. The summed E-state index contributed by atoms with van der Waals surface area (Å²) in [4.78, 5) is 43.6. The molecule has 5 rings (SSSR count). The fourth-order valence-corrected chi connectivity index (χ4v) is 3.85. The van der Waals surface area contributed by atoms with Gasteiger partial charge in [-0.15, -0.1) is 0 Å². The maximum Gasteiger partial charge on any atom is 0.416 e. The summed E-state index contributed by atoms with van der Waals surface area (Å²) in [6.45, 7) is 1.32. The summed E-state index contributed by atoms with van der Waals surface area (Å²) in [5.74, 6) is 5.79. The predicted molar refractivity (Wildman–Crippen MR) is 114 cm³/mol. The van der Waals surface area contributed by atoms with Crippen molar-refractivity contribution >= 4 is 22.9 Å². The molecule has 3 N–H and O–H groups in total. The van der Waals surface area contributed by atoms with Gasteiger partial charge in [-0.1, -0.05) is 6.07 Å². The number of alkyl halides is 3. The van der Waals surface area contributed by atoms with Gasteiger partial charge >= 0.3 is 23.3 Å². The van der Waals surface area contributed by atoms with Gasteiger partial charge in [0.15, 0.2) is 17.5 Å². The molecule has 0 saturated carbocycles. The van der Waals surface area contributed by atoms with Crippen LogP contribution in [0.2, 0.25) is 0 Å². The molecular weight excluding hydrogens is 455 g/mol. The third kappa shape index (κ3) is 3.57. The molecule has 2 atom stereocenters. The van der Waals surface area contributed by atoms with Crippen LogP contribution in [0.15, 0.2) is 51.8 Å². The first-order valence-corrected chi connectivity index (χ1v) is 9.91. The summed E-state index contributed by atoms with van der Waals surface area (Å²) < 4.78 is 46.4. The molecule has 2 aromatic heterocycles. The first-order chi connectivity index (χ1) is 16.1. The molecule has 3 heterocycles. The highest BCUT2D eigenvalue weighted by atomic mass is 19.4. The minimum atomic E-state index is -4.57. The molecule has 1 aliphatic carbocycles. The van der Waals surface area contributed by atoms with Gasteiger partial charge in [-0.2, -0.15) is 13.2 Å². The molecule has 0 saturated heterocycles. The lowest BCUT2D eigenvalue weighted by atomic mass is 10.0. The Morgan fingerprint density at radius 1 is 1.24 bits per heavy atom. The van der Waals surface area contributed by atoms with E-state index < -0.39 is 41.0 Å². The Morgan fingerprint density at radius 3 is 2.79 bits per heavy atom. The second-order valence-electron chi connectivity index (χ2n) is 7.62. The fraction of sp³-hybridized carbons (Fsp3) is 0.182. The number of halogens is 3. The van der Waals surface area contributed by atoms with Gasteiger partial charge in [0.1, 0.15) is 11.6 Å². The average molecular weight is 469 g/mol. The van der Waals surface area contributed by atoms with E-state index in [1.54, 1.807) is 0 Å². The zero-order chi connectivity index (χ0) is 24.2. The standard InChI is InChI=1S/C22H14F3N5O4/c1-10-2-3-11(8-13(10)22(23,24)25)27-21(33)28-12-4-5-15-14(9-12)30-17-16(34-15)6-7-26-18(17)29-19(31)20(30)32/h2-3,6-9,14-15H,1H3,(H,26,29,31)(H2,27,28,33). The molecule has 2 unspecified atom stereocenters. The third-order valence-corrected chi connectivity index (χ3v) is 5.37. The number of amides is 2. The van der Waals surface area contributed by atoms with Crippen molar-refractivity contribution in [3.8, 4) is 17.6 Å². The summed E-state index contributed by atoms with van der Waals surface area (Å²) in [5, 5.41) is 4.78. The van der Waals surface area contributed by atoms with Crippen molar-refractivity contribution in [2.24, 2.45) is 0 Å². The first kappa shape index (κ1) is 21.3. The number of benzene rings is 1. The van der Waals surface area contributed by atoms with Crippen LogP contribution < -0.4 is 26.5 Å². The van der Waals surface area contributed by atoms with Crippen molar-refractivity contribution in [2.45, 2.75) is 25.2 Å². The number of aryl methyl sites for hydroxylation is 1. The van der Waals surface area contributed by atoms with Crippen molar-refractivity contribution in [3.05, 3.63) is 74.1 Å². The third-order valence-electron chi connectivity index (χ3n) is 5.37. The van der Waals surface area contributed by atoms with E-state index in [1.807, 2.05) is 0 Å². The van der Waals surface area contributed by atoms with Crippen molar-refractivity contribution < 1.29 is 22.7 Å². The first-order valence-electron chi connectivity index (χ1n) is 9.91. The number of hydrogen-bond donors (Lipinski definition) is 3. The van der Waals surface area contributed by atoms with Gasteiger partial charge in [-0.3, -0.25) is 14.2 Å². The SMILES string of the molecule is Cc1ccc(NC(=O)NC2=CC3C(C#C2)Oc2ccnc4[nH]c(=O)c(=O)n3c24)cc1C(F)(F)F. The molecule has 0 radical (unpaired) electrons. The highest BCUT2D eigenvalue weighted by Crippen LogP contribution is 2.35. The molecule has 2 aliphatic rings. The summed E-state index contributed by atoms with van der Waals surface area (Å²) in [7, 11) is 0. The van der Waals surface area contributed by atoms with Crippen LogP contribution in [0.5, 0.6) is 5.75 Å². The Morgan fingerprint density at radius 2 is 2.03 bits per heavy atom. The van der Waals surface area contributed by atoms with Crippen molar-refractivity contribution in [3.63, 3.8) is 0 Å². The molecule has 12 heteroatoms. The number of urea groups is 1. The van der Waals surface area contributed by atoms with Crippen molar-refractivity contribution in [1.29, 1.82) is 0 Å². The number of anilines is 1. The monoisotopic (exact) mass is 469 g/mol. The number of pyridine rings is 1. The number of fused-ring (bicyclic) bond motifs is 2. The Bertz CT molecular complexity index is 1580. The maximum atomic E-state index is 13.1. The number of carbonyl (C=O) groups excluding carboxylic acids is 1. The molecule has 0 bridgehead atoms. The van der Waals surface area contributed by atoms with Crippen LogP contribution in [0.1, 0.15) is 17.2 Å². The van der Waals surface area contributed by atoms with E-state index in [2.05, 4.69) is 32.4 Å². The molecule has 0 fully saturated rings. The zero-order valence-corrected chi connectivity index (χ0v) is 17.3. The van der Waals surface area contributed by atoms with Crippen LogP contribution in [0.25, 0.3) is 11.2 Å². The summed E-state index contributed by atoms with van der Waals surface area (Å²) in [6, 6.07) is 3.28. The predicted octanol–water partition coefficient (Wildman–Crippen LogP) is 2.44. The highest BCUT2D eigenvalue weighted by Gasteiger charge is 2.34. The number of ether oxygens (including phenoxy) is 1. The van der Waals surface area contributed by atoms with E-state index in [9.17, 15) is 27.6 Å². The number of allylic oxidation sites excluding steroid dienone is 1. The number of hydrogen-bond acceptors (Lipinski definition) is 5. The van der Waals surface area contributed by atoms with Crippen LogP contribution in [0, 0.1) is 18.8 Å². The van der Waals surface area contributed by atoms with Gasteiger partial charge in [0.2, 0.25) is 0 Å². The van der Waals surface area contributed by atoms with E-state index in [1.165, 1.54) is 42.0 Å². The lowest BCUT2D eigenvalue weighted by molar-refractivity contribution is -0.138. The lowest BCUT2D eigenvalue weighted by Gasteiger charge is -2.31. The molecule has 34 heavy (non-hydrogen) atoms. The fourth-order valence-electron chi connectivity index (χ4n) is 3.85. The normalized spacial score (nSPS) is 18.2. The zero-order valence-electron chi connectivity index (χ0n) is 17.3. The van der Waals surface area contributed by atoms with Crippen molar-refractivity contribution in [2.75, 3.05) is 5.32 Å². The van der Waals surface area contributed by atoms with E-state index in [4.69, 9.17) is 4.74 Å². The van der Waals surface area contributed by atoms with Crippen LogP contribution in [-0.2, 0) is 6.18 Å².